The second-order valence-electron chi connectivity index (χ2n) is 12.5. The average Bonchev–Trinajstić information content (AvgIpc) is 3.23. The Morgan fingerprint density at radius 1 is 0.810 bits per heavy atom. The van der Waals surface area contributed by atoms with E-state index in [2.05, 4.69) is 61.7 Å². The molecule has 0 bridgehead atoms. The Morgan fingerprint density at radius 2 is 1.48 bits per heavy atom. The number of hydrogen-bond acceptors (Lipinski definition) is 3. The normalized spacial score (nSPS) is 15.5. The molecule has 4 aromatic rings. The number of amides is 1. The van der Waals surface area contributed by atoms with Crippen LogP contribution in [-0.4, -0.2) is 29.7 Å². The highest BCUT2D eigenvalue weighted by Crippen LogP contribution is 2.44. The largest absolute Gasteiger partial charge is 0.390 e. The molecule has 0 fully saturated rings. The molecule has 0 spiro atoms. The first-order valence-corrected chi connectivity index (χ1v) is 14.5. The van der Waals surface area contributed by atoms with Crippen LogP contribution in [0, 0.1) is 17.0 Å². The SMILES string of the molecule is CC(C)(C)Cc1ccc2c(c1)C(NC[C@H](O)[C@H](Cc1cc(F)cc(F)c1)NC(=O)Cc1ccccc1)c1ccccc1-2. The first-order chi connectivity index (χ1) is 20.1. The van der Waals surface area contributed by atoms with Gasteiger partial charge in [0.2, 0.25) is 5.91 Å². The van der Waals surface area contributed by atoms with Crippen molar-refractivity contribution in [2.24, 2.45) is 5.41 Å². The Kier molecular flexibility index (Phi) is 8.85. The predicted molar refractivity (Wildman–Crippen MR) is 163 cm³/mol. The number of rotatable bonds is 10. The molecule has 0 heterocycles. The zero-order valence-electron chi connectivity index (χ0n) is 24.3. The summed E-state index contributed by atoms with van der Waals surface area (Å²) in [4.78, 5) is 13.0. The second-order valence-corrected chi connectivity index (χ2v) is 12.5. The number of nitrogens with one attached hydrogen (secondary N) is 2. The minimum Gasteiger partial charge on any atom is -0.390 e. The summed E-state index contributed by atoms with van der Waals surface area (Å²) in [6, 6.07) is 26.6. The van der Waals surface area contributed by atoms with Crippen molar-refractivity contribution in [3.63, 3.8) is 0 Å². The number of fused-ring (bicyclic) bond motifs is 3. The molecule has 4 aromatic carbocycles. The average molecular weight is 569 g/mol. The molecule has 5 rings (SSSR count). The van der Waals surface area contributed by atoms with Crippen LogP contribution in [-0.2, 0) is 24.1 Å². The smallest absolute Gasteiger partial charge is 0.224 e. The second kappa shape index (κ2) is 12.6. The van der Waals surface area contributed by atoms with Crippen LogP contribution in [0.25, 0.3) is 11.1 Å². The molecule has 0 saturated heterocycles. The maximum absolute atomic E-state index is 14.0. The van der Waals surface area contributed by atoms with Gasteiger partial charge in [0.15, 0.2) is 0 Å². The van der Waals surface area contributed by atoms with Crippen molar-refractivity contribution in [2.45, 2.75) is 58.2 Å². The molecule has 4 nitrogen and oxygen atoms in total. The van der Waals surface area contributed by atoms with Crippen molar-refractivity contribution in [3.05, 3.63) is 130 Å². The molecule has 0 saturated carbocycles. The molecule has 3 N–H and O–H groups in total. The number of aliphatic hydroxyl groups excluding tert-OH is 1. The summed E-state index contributed by atoms with van der Waals surface area (Å²) in [5.41, 5.74) is 7.19. The summed E-state index contributed by atoms with van der Waals surface area (Å²) in [5, 5.41) is 17.9. The van der Waals surface area contributed by atoms with Gasteiger partial charge in [-0.1, -0.05) is 93.6 Å². The highest BCUT2D eigenvalue weighted by Gasteiger charge is 2.31. The van der Waals surface area contributed by atoms with E-state index in [1.54, 1.807) is 0 Å². The van der Waals surface area contributed by atoms with Gasteiger partial charge in [-0.25, -0.2) is 8.78 Å². The van der Waals surface area contributed by atoms with Gasteiger partial charge in [0.1, 0.15) is 11.6 Å². The van der Waals surface area contributed by atoms with Gasteiger partial charge in [-0.15, -0.1) is 0 Å². The molecule has 0 aromatic heterocycles. The molecular weight excluding hydrogens is 530 g/mol. The van der Waals surface area contributed by atoms with E-state index < -0.39 is 23.8 Å². The van der Waals surface area contributed by atoms with Crippen LogP contribution in [0.4, 0.5) is 8.78 Å². The van der Waals surface area contributed by atoms with Crippen molar-refractivity contribution in [3.8, 4) is 11.1 Å². The Labute approximate surface area is 246 Å². The maximum atomic E-state index is 14.0. The minimum atomic E-state index is -1.02. The molecule has 6 heteroatoms. The zero-order chi connectivity index (χ0) is 29.9. The number of hydrogen-bond donors (Lipinski definition) is 3. The van der Waals surface area contributed by atoms with Gasteiger partial charge in [0, 0.05) is 12.6 Å². The molecule has 0 aliphatic heterocycles. The summed E-state index contributed by atoms with van der Waals surface area (Å²) in [5.74, 6) is -1.67. The van der Waals surface area contributed by atoms with Crippen LogP contribution >= 0.6 is 0 Å². The van der Waals surface area contributed by atoms with Crippen molar-refractivity contribution in [1.82, 2.24) is 10.6 Å². The van der Waals surface area contributed by atoms with E-state index in [-0.39, 0.29) is 36.8 Å². The highest BCUT2D eigenvalue weighted by atomic mass is 19.1. The predicted octanol–water partition coefficient (Wildman–Crippen LogP) is 6.54. The molecule has 218 valence electrons. The van der Waals surface area contributed by atoms with Crippen molar-refractivity contribution in [2.75, 3.05) is 6.54 Å². The van der Waals surface area contributed by atoms with E-state index in [0.717, 1.165) is 40.3 Å². The van der Waals surface area contributed by atoms with Crippen molar-refractivity contribution >= 4 is 5.91 Å². The molecule has 3 atom stereocenters. The number of halogens is 2. The third-order valence-corrected chi connectivity index (χ3v) is 7.65. The molecular formula is C36H38F2N2O2. The van der Waals surface area contributed by atoms with Crippen LogP contribution < -0.4 is 10.6 Å². The molecule has 1 amide bonds. The Bertz CT molecular complexity index is 1530. The third-order valence-electron chi connectivity index (χ3n) is 7.65. The third kappa shape index (κ3) is 7.30. The van der Waals surface area contributed by atoms with E-state index in [4.69, 9.17) is 0 Å². The fourth-order valence-corrected chi connectivity index (χ4v) is 5.89. The number of carbonyl (C=O) groups is 1. The van der Waals surface area contributed by atoms with E-state index in [9.17, 15) is 18.7 Å². The molecule has 1 unspecified atom stereocenters. The number of aliphatic hydroxyl groups is 1. The first kappa shape index (κ1) is 29.6. The maximum Gasteiger partial charge on any atom is 0.224 e. The Morgan fingerprint density at radius 3 is 2.19 bits per heavy atom. The van der Waals surface area contributed by atoms with E-state index in [0.29, 0.717) is 5.56 Å². The van der Waals surface area contributed by atoms with E-state index in [1.807, 2.05) is 42.5 Å². The Balaban J connectivity index is 1.37. The lowest BCUT2D eigenvalue weighted by molar-refractivity contribution is -0.122. The standard InChI is InChI=1S/C36H38F2N2O2/c1-36(2,3)21-24-13-14-29-28-11-7-8-12-30(28)35(31(29)17-24)39-22-33(41)32(18-25-15-26(37)20-27(38)16-25)40-34(42)19-23-9-5-4-6-10-23/h4-17,20,32-33,35,39,41H,18-19,21-22H2,1-3H3,(H,40,42)/t32-,33-,35?/m0/s1. The summed E-state index contributed by atoms with van der Waals surface area (Å²) < 4.78 is 28.0. The van der Waals surface area contributed by atoms with Gasteiger partial charge >= 0.3 is 0 Å². The van der Waals surface area contributed by atoms with Gasteiger partial charge < -0.3 is 15.7 Å². The minimum absolute atomic E-state index is 0.0750. The molecule has 0 radical (unpaired) electrons. The Hall–Kier alpha value is -3.87. The lowest BCUT2D eigenvalue weighted by Gasteiger charge is -2.27. The van der Waals surface area contributed by atoms with Crippen LogP contribution in [0.1, 0.15) is 54.6 Å². The van der Waals surface area contributed by atoms with Crippen molar-refractivity contribution < 1.29 is 18.7 Å². The molecule has 1 aliphatic rings. The zero-order valence-corrected chi connectivity index (χ0v) is 24.3. The lowest BCUT2D eigenvalue weighted by atomic mass is 9.87. The molecule has 42 heavy (non-hydrogen) atoms. The van der Waals surface area contributed by atoms with Gasteiger partial charge in [0.05, 0.1) is 24.6 Å². The summed E-state index contributed by atoms with van der Waals surface area (Å²) in [6.07, 6.45) is 0.122. The number of carbonyl (C=O) groups excluding carboxylic acids is 1. The molecule has 1 aliphatic carbocycles. The summed E-state index contributed by atoms with van der Waals surface area (Å²) >= 11 is 0. The van der Waals surface area contributed by atoms with Crippen LogP contribution in [0.2, 0.25) is 0 Å². The van der Waals surface area contributed by atoms with Gasteiger partial charge in [0.25, 0.3) is 0 Å². The van der Waals surface area contributed by atoms with E-state index >= 15 is 0 Å². The quantitative estimate of drug-likeness (QED) is 0.204. The summed E-state index contributed by atoms with van der Waals surface area (Å²) in [6.45, 7) is 6.82. The van der Waals surface area contributed by atoms with Crippen LogP contribution in [0.5, 0.6) is 0 Å². The van der Waals surface area contributed by atoms with Gasteiger partial charge in [-0.2, -0.15) is 0 Å². The van der Waals surface area contributed by atoms with Gasteiger partial charge in [-0.05, 0) is 69.3 Å². The van der Waals surface area contributed by atoms with E-state index in [1.165, 1.54) is 17.7 Å². The van der Waals surface area contributed by atoms with Gasteiger partial charge in [-0.3, -0.25) is 4.79 Å². The van der Waals surface area contributed by atoms with Crippen LogP contribution in [0.3, 0.4) is 0 Å². The van der Waals surface area contributed by atoms with Crippen molar-refractivity contribution in [1.29, 1.82) is 0 Å². The fourth-order valence-electron chi connectivity index (χ4n) is 5.89. The highest BCUT2D eigenvalue weighted by molar-refractivity contribution is 5.79. The first-order valence-electron chi connectivity index (χ1n) is 14.5. The number of benzene rings is 4. The fraction of sp³-hybridized carbons (Fsp3) is 0.306. The topological polar surface area (TPSA) is 61.4 Å². The summed E-state index contributed by atoms with van der Waals surface area (Å²) in [7, 11) is 0. The van der Waals surface area contributed by atoms with Crippen LogP contribution in [0.15, 0.2) is 91.0 Å². The monoisotopic (exact) mass is 568 g/mol. The lowest BCUT2D eigenvalue weighted by Crippen LogP contribution is -2.49.